The van der Waals surface area contributed by atoms with Gasteiger partial charge in [-0.3, -0.25) is 0 Å². The number of aromatic nitrogens is 3. The Morgan fingerprint density at radius 3 is 2.49 bits per heavy atom. The maximum absolute atomic E-state index is 15.4. The predicted molar refractivity (Wildman–Crippen MR) is 151 cm³/mol. The number of methoxy groups -OCH3 is 1. The molecule has 0 saturated heterocycles. The molecule has 0 aliphatic heterocycles. The van der Waals surface area contributed by atoms with Gasteiger partial charge in [0.15, 0.2) is 0 Å². The van der Waals surface area contributed by atoms with Crippen molar-refractivity contribution < 1.29 is 28.2 Å². The van der Waals surface area contributed by atoms with Gasteiger partial charge >= 0.3 is 5.97 Å². The quantitative estimate of drug-likeness (QED) is 0.195. The molecule has 2 heterocycles. The fourth-order valence-electron chi connectivity index (χ4n) is 4.51. The number of carboxylic acid groups (broad SMARTS) is 1. The summed E-state index contributed by atoms with van der Waals surface area (Å²) in [6.07, 6.45) is 0.166. The summed E-state index contributed by atoms with van der Waals surface area (Å²) >= 11 is 6.39. The van der Waals surface area contributed by atoms with Gasteiger partial charge in [0.1, 0.15) is 24.1 Å². The molecule has 41 heavy (non-hydrogen) atoms. The topological polar surface area (TPSA) is 86.5 Å². The highest BCUT2D eigenvalue weighted by atomic mass is 35.5. The molecule has 3 aromatic carbocycles. The summed E-state index contributed by atoms with van der Waals surface area (Å²) in [7, 11) is 1.57. The molecule has 5 rings (SSSR count). The fourth-order valence-corrected chi connectivity index (χ4v) is 4.72. The Morgan fingerprint density at radius 1 is 0.976 bits per heavy atom. The average molecular weight is 578 g/mol. The zero-order valence-corrected chi connectivity index (χ0v) is 23.1. The van der Waals surface area contributed by atoms with Crippen LogP contribution in [0.2, 0.25) is 5.02 Å². The highest BCUT2D eigenvalue weighted by Gasteiger charge is 2.17. The third-order valence-corrected chi connectivity index (χ3v) is 6.98. The van der Waals surface area contributed by atoms with Crippen LogP contribution in [-0.4, -0.2) is 39.3 Å². The van der Waals surface area contributed by atoms with Gasteiger partial charge < -0.3 is 19.1 Å². The van der Waals surface area contributed by atoms with Crippen molar-refractivity contribution in [3.05, 3.63) is 111 Å². The molecule has 0 saturated carbocycles. The highest BCUT2D eigenvalue weighted by Crippen LogP contribution is 2.31. The SMILES string of the molecule is COCCn1c(Cc2ccc(-c3nc(OCc4ccc(C)cc4F)ccc3Cl)cc2F)nc2ccc(C(=O)O)cc21. The first-order valence-electron chi connectivity index (χ1n) is 12.8. The second kappa shape index (κ2) is 12.0. The van der Waals surface area contributed by atoms with Gasteiger partial charge in [0, 0.05) is 37.3 Å². The minimum atomic E-state index is -1.04. The van der Waals surface area contributed by atoms with E-state index in [4.69, 9.17) is 21.1 Å². The van der Waals surface area contributed by atoms with Crippen LogP contribution in [-0.2, 0) is 24.3 Å². The van der Waals surface area contributed by atoms with Crippen molar-refractivity contribution in [3.8, 4) is 17.1 Å². The summed E-state index contributed by atoms with van der Waals surface area (Å²) in [5.41, 5.74) is 3.74. The molecule has 210 valence electrons. The van der Waals surface area contributed by atoms with Crippen molar-refractivity contribution in [3.63, 3.8) is 0 Å². The van der Waals surface area contributed by atoms with Crippen molar-refractivity contribution >= 4 is 28.6 Å². The molecule has 10 heteroatoms. The summed E-state index contributed by atoms with van der Waals surface area (Å²) in [6.45, 7) is 2.57. The number of imidazole rings is 1. The van der Waals surface area contributed by atoms with E-state index < -0.39 is 11.8 Å². The molecule has 0 radical (unpaired) electrons. The zero-order chi connectivity index (χ0) is 29.1. The lowest BCUT2D eigenvalue weighted by molar-refractivity contribution is 0.0697. The first-order chi connectivity index (χ1) is 19.7. The summed E-state index contributed by atoms with van der Waals surface area (Å²) in [5.74, 6) is -1.10. The van der Waals surface area contributed by atoms with Gasteiger partial charge in [-0.05, 0) is 54.4 Å². The number of carboxylic acids is 1. The van der Waals surface area contributed by atoms with Crippen molar-refractivity contribution in [2.75, 3.05) is 13.7 Å². The van der Waals surface area contributed by atoms with Crippen LogP contribution in [0, 0.1) is 18.6 Å². The van der Waals surface area contributed by atoms with Crippen molar-refractivity contribution in [1.29, 1.82) is 0 Å². The third-order valence-electron chi connectivity index (χ3n) is 6.67. The molecule has 0 aliphatic carbocycles. The second-order valence-corrected chi connectivity index (χ2v) is 9.93. The summed E-state index contributed by atoms with van der Waals surface area (Å²) in [4.78, 5) is 20.6. The number of aromatic carboxylic acids is 1. The van der Waals surface area contributed by atoms with Crippen LogP contribution in [0.25, 0.3) is 22.3 Å². The molecule has 0 amide bonds. The van der Waals surface area contributed by atoms with E-state index in [0.29, 0.717) is 57.4 Å². The third kappa shape index (κ3) is 6.21. The van der Waals surface area contributed by atoms with Gasteiger partial charge in [-0.15, -0.1) is 0 Å². The molecular weight excluding hydrogens is 552 g/mol. The van der Waals surface area contributed by atoms with Crippen LogP contribution >= 0.6 is 11.6 Å². The highest BCUT2D eigenvalue weighted by molar-refractivity contribution is 6.33. The van der Waals surface area contributed by atoms with E-state index in [1.807, 2.05) is 4.57 Å². The minimum Gasteiger partial charge on any atom is -0.478 e. The Morgan fingerprint density at radius 2 is 1.76 bits per heavy atom. The number of benzene rings is 3. The number of rotatable bonds is 10. The van der Waals surface area contributed by atoms with E-state index in [0.717, 1.165) is 5.56 Å². The predicted octanol–water partition coefficient (Wildman–Crippen LogP) is 6.85. The molecule has 0 aliphatic rings. The smallest absolute Gasteiger partial charge is 0.335 e. The summed E-state index contributed by atoms with van der Waals surface area (Å²) < 4.78 is 42.4. The number of halogens is 3. The molecule has 2 aromatic heterocycles. The van der Waals surface area contributed by atoms with E-state index >= 15 is 4.39 Å². The monoisotopic (exact) mass is 577 g/mol. The number of fused-ring (bicyclic) bond motifs is 1. The van der Waals surface area contributed by atoms with Crippen LogP contribution < -0.4 is 4.74 Å². The first-order valence-corrected chi connectivity index (χ1v) is 13.2. The van der Waals surface area contributed by atoms with Crippen LogP contribution in [0.1, 0.15) is 32.9 Å². The van der Waals surface area contributed by atoms with E-state index in [1.54, 1.807) is 62.6 Å². The van der Waals surface area contributed by atoms with Crippen LogP contribution in [0.4, 0.5) is 8.78 Å². The number of carbonyl (C=O) groups is 1. The zero-order valence-electron chi connectivity index (χ0n) is 22.3. The minimum absolute atomic E-state index is 0.0223. The Balaban J connectivity index is 1.40. The van der Waals surface area contributed by atoms with Gasteiger partial charge in [-0.1, -0.05) is 35.9 Å². The van der Waals surface area contributed by atoms with E-state index in [-0.39, 0.29) is 30.3 Å². The normalized spacial score (nSPS) is 11.2. The van der Waals surface area contributed by atoms with Crippen molar-refractivity contribution in [1.82, 2.24) is 14.5 Å². The second-order valence-electron chi connectivity index (χ2n) is 9.53. The molecule has 5 aromatic rings. The Hall–Kier alpha value is -4.34. The Labute approximate surface area is 240 Å². The number of hydrogen-bond donors (Lipinski definition) is 1. The Bertz CT molecular complexity index is 1760. The van der Waals surface area contributed by atoms with Gasteiger partial charge in [0.25, 0.3) is 0 Å². The molecule has 0 bridgehead atoms. The van der Waals surface area contributed by atoms with Gasteiger partial charge in [0.05, 0.1) is 33.9 Å². The van der Waals surface area contributed by atoms with Crippen molar-refractivity contribution in [2.45, 2.75) is 26.5 Å². The lowest BCUT2D eigenvalue weighted by Gasteiger charge is -2.12. The van der Waals surface area contributed by atoms with E-state index in [9.17, 15) is 14.3 Å². The number of hydrogen-bond acceptors (Lipinski definition) is 5. The van der Waals surface area contributed by atoms with Crippen LogP contribution in [0.3, 0.4) is 0 Å². The Kier molecular flexibility index (Phi) is 8.28. The molecular formula is C31H26ClF2N3O4. The van der Waals surface area contributed by atoms with E-state index in [2.05, 4.69) is 9.97 Å². The molecule has 0 atom stereocenters. The molecule has 7 nitrogen and oxygen atoms in total. The average Bonchev–Trinajstić information content (AvgIpc) is 3.29. The molecule has 0 unspecified atom stereocenters. The van der Waals surface area contributed by atoms with Gasteiger partial charge in [-0.25, -0.2) is 23.5 Å². The van der Waals surface area contributed by atoms with Gasteiger partial charge in [-0.2, -0.15) is 0 Å². The maximum Gasteiger partial charge on any atom is 0.335 e. The van der Waals surface area contributed by atoms with Gasteiger partial charge in [0.2, 0.25) is 5.88 Å². The van der Waals surface area contributed by atoms with Crippen LogP contribution in [0.15, 0.2) is 66.7 Å². The van der Waals surface area contributed by atoms with Crippen molar-refractivity contribution in [2.24, 2.45) is 0 Å². The molecule has 0 fully saturated rings. The fraction of sp³-hybridized carbons (Fsp3) is 0.194. The summed E-state index contributed by atoms with van der Waals surface area (Å²) in [6, 6.07) is 17.4. The summed E-state index contributed by atoms with van der Waals surface area (Å²) in [5, 5.41) is 9.71. The van der Waals surface area contributed by atoms with E-state index in [1.165, 1.54) is 18.2 Å². The number of nitrogens with zero attached hydrogens (tertiary/aromatic N) is 3. The first kappa shape index (κ1) is 28.2. The number of pyridine rings is 1. The van der Waals surface area contributed by atoms with Crippen LogP contribution in [0.5, 0.6) is 5.88 Å². The largest absolute Gasteiger partial charge is 0.478 e. The standard InChI is InChI=1S/C31H26ClF2N3O4/c1-18-3-4-22(24(33)13-18)17-41-29-10-8-23(32)30(36-29)20-6-5-19(25(34)14-20)16-28-35-26-9-7-21(31(38)39)15-27(26)37(28)11-12-40-2/h3-10,13-15H,11-12,16-17H2,1-2H3,(H,38,39). The molecule has 0 spiro atoms. The number of ether oxygens (including phenoxy) is 2. The maximum atomic E-state index is 15.4. The molecule has 1 N–H and O–H groups in total. The lowest BCUT2D eigenvalue weighted by Crippen LogP contribution is -2.10. The lowest BCUT2D eigenvalue weighted by atomic mass is 10.1. The number of aryl methyl sites for hydroxylation is 1.